The number of hydrogen-bond acceptors (Lipinski definition) is 4. The molecule has 0 saturated carbocycles. The third-order valence-corrected chi connectivity index (χ3v) is 3.80. The molecule has 3 N–H and O–H groups in total. The Hall–Kier alpha value is -3.06. The van der Waals surface area contributed by atoms with E-state index in [1.165, 1.54) is 4.57 Å². The van der Waals surface area contributed by atoms with Crippen molar-refractivity contribution in [2.75, 3.05) is 11.9 Å². The fourth-order valence-electron chi connectivity index (χ4n) is 2.68. The first-order chi connectivity index (χ1) is 12.1. The number of aromatic amines is 1. The number of benzene rings is 2. The average molecular weight is 341 g/mol. The minimum atomic E-state index is -0.334. The number of ether oxygens (including phenoxy) is 1. The molecule has 0 unspecified atom stereocenters. The van der Waals surface area contributed by atoms with E-state index in [0.29, 0.717) is 34.6 Å². The number of amides is 1. The van der Waals surface area contributed by atoms with Crippen molar-refractivity contribution in [3.8, 4) is 5.75 Å². The second-order valence-electron chi connectivity index (χ2n) is 5.50. The van der Waals surface area contributed by atoms with Crippen LogP contribution in [-0.2, 0) is 17.9 Å². The molecule has 25 heavy (non-hydrogen) atoms. The molecule has 0 atom stereocenters. The van der Waals surface area contributed by atoms with Crippen LogP contribution in [0, 0.1) is 0 Å². The Balaban J connectivity index is 1.78. The van der Waals surface area contributed by atoms with Gasteiger partial charge in [-0.1, -0.05) is 12.1 Å². The number of hydrogen-bond donors (Lipinski definition) is 3. The summed E-state index contributed by atoms with van der Waals surface area (Å²) < 4.78 is 6.80. The molecule has 1 heterocycles. The third kappa shape index (κ3) is 3.56. The number of carbonyl (C=O) groups excluding carboxylic acids is 1. The van der Waals surface area contributed by atoms with Gasteiger partial charge in [-0.2, -0.15) is 0 Å². The number of imidazole rings is 1. The zero-order valence-electron chi connectivity index (χ0n) is 13.8. The fraction of sp³-hybridized carbons (Fsp3) is 0.222. The first-order valence-corrected chi connectivity index (χ1v) is 7.96. The van der Waals surface area contributed by atoms with Crippen LogP contribution in [0.5, 0.6) is 5.75 Å². The van der Waals surface area contributed by atoms with E-state index in [1.807, 2.05) is 19.1 Å². The van der Waals surface area contributed by atoms with Gasteiger partial charge >= 0.3 is 5.69 Å². The molecule has 0 saturated heterocycles. The normalized spacial score (nSPS) is 10.8. The molecular formula is C18H19N3O4. The molecule has 0 aliphatic heterocycles. The van der Waals surface area contributed by atoms with Crippen molar-refractivity contribution in [3.63, 3.8) is 0 Å². The smallest absolute Gasteiger partial charge is 0.326 e. The molecule has 1 amide bonds. The van der Waals surface area contributed by atoms with Gasteiger partial charge in [-0.05, 0) is 37.3 Å². The van der Waals surface area contributed by atoms with E-state index in [1.54, 1.807) is 30.3 Å². The van der Waals surface area contributed by atoms with Crippen LogP contribution in [0.4, 0.5) is 5.69 Å². The van der Waals surface area contributed by atoms with Gasteiger partial charge in [0.2, 0.25) is 5.91 Å². The number of rotatable bonds is 6. The Kier molecular flexibility index (Phi) is 4.85. The van der Waals surface area contributed by atoms with E-state index in [9.17, 15) is 14.7 Å². The molecule has 1 aromatic heterocycles. The zero-order valence-corrected chi connectivity index (χ0v) is 13.8. The molecule has 0 spiro atoms. The Morgan fingerprint density at radius 3 is 2.84 bits per heavy atom. The van der Waals surface area contributed by atoms with Gasteiger partial charge in [0.1, 0.15) is 12.3 Å². The number of para-hydroxylation sites is 2. The van der Waals surface area contributed by atoms with Crippen LogP contribution in [0.25, 0.3) is 11.0 Å². The highest BCUT2D eigenvalue weighted by molar-refractivity contribution is 5.91. The SMILES string of the molecule is CCOc1ccc(NC(=O)Cn2c(=O)[nH]c3ccccc32)cc1CO. The molecule has 130 valence electrons. The molecule has 0 fully saturated rings. The first kappa shape index (κ1) is 16.8. The van der Waals surface area contributed by atoms with E-state index < -0.39 is 0 Å². The van der Waals surface area contributed by atoms with Gasteiger partial charge in [0, 0.05) is 11.3 Å². The van der Waals surface area contributed by atoms with Gasteiger partial charge in [0.05, 0.1) is 24.2 Å². The second kappa shape index (κ2) is 7.23. The lowest BCUT2D eigenvalue weighted by Crippen LogP contribution is -2.25. The lowest BCUT2D eigenvalue weighted by Gasteiger charge is -2.11. The Bertz CT molecular complexity index is 958. The summed E-state index contributed by atoms with van der Waals surface area (Å²) in [6.45, 7) is 2.05. The maximum absolute atomic E-state index is 12.3. The lowest BCUT2D eigenvalue weighted by molar-refractivity contribution is -0.116. The van der Waals surface area contributed by atoms with Gasteiger partial charge in [-0.15, -0.1) is 0 Å². The van der Waals surface area contributed by atoms with Crippen LogP contribution in [-0.4, -0.2) is 27.2 Å². The van der Waals surface area contributed by atoms with Gasteiger partial charge in [0.15, 0.2) is 0 Å². The summed E-state index contributed by atoms with van der Waals surface area (Å²) in [5.41, 5.74) is 2.14. The minimum Gasteiger partial charge on any atom is -0.494 e. The summed E-state index contributed by atoms with van der Waals surface area (Å²) in [4.78, 5) is 27.0. The van der Waals surface area contributed by atoms with Crippen molar-refractivity contribution in [3.05, 3.63) is 58.5 Å². The molecule has 7 heteroatoms. The zero-order chi connectivity index (χ0) is 17.8. The van der Waals surface area contributed by atoms with E-state index in [4.69, 9.17) is 4.74 Å². The summed E-state index contributed by atoms with van der Waals surface area (Å²) in [5.74, 6) is 0.246. The van der Waals surface area contributed by atoms with Crippen LogP contribution in [0.2, 0.25) is 0 Å². The highest BCUT2D eigenvalue weighted by Crippen LogP contribution is 2.23. The van der Waals surface area contributed by atoms with Gasteiger partial charge in [-0.3, -0.25) is 9.36 Å². The lowest BCUT2D eigenvalue weighted by atomic mass is 10.2. The second-order valence-corrected chi connectivity index (χ2v) is 5.50. The third-order valence-electron chi connectivity index (χ3n) is 3.80. The van der Waals surface area contributed by atoms with Crippen molar-refractivity contribution < 1.29 is 14.6 Å². The predicted octanol–water partition coefficient (Wildman–Crippen LogP) is 1.86. The number of nitrogens with zero attached hydrogens (tertiary/aromatic N) is 1. The standard InChI is InChI=1S/C18H19N3O4/c1-2-25-16-8-7-13(9-12(16)11-22)19-17(23)10-21-15-6-4-3-5-14(15)20-18(21)24/h3-9,22H,2,10-11H2,1H3,(H,19,23)(H,20,24). The number of nitrogens with one attached hydrogen (secondary N) is 2. The molecule has 3 aromatic rings. The molecular weight excluding hydrogens is 322 g/mol. The number of fused-ring (bicyclic) bond motifs is 1. The Labute approximate surface area is 143 Å². The number of aliphatic hydroxyl groups is 1. The average Bonchev–Trinajstić information content (AvgIpc) is 2.92. The molecule has 7 nitrogen and oxygen atoms in total. The van der Waals surface area contributed by atoms with E-state index >= 15 is 0 Å². The molecule has 0 aliphatic carbocycles. The van der Waals surface area contributed by atoms with Gasteiger partial charge < -0.3 is 20.1 Å². The fourth-order valence-corrected chi connectivity index (χ4v) is 2.68. The predicted molar refractivity (Wildman–Crippen MR) is 94.7 cm³/mol. The van der Waals surface area contributed by atoms with Crippen LogP contribution >= 0.6 is 0 Å². The molecule has 2 aromatic carbocycles. The first-order valence-electron chi connectivity index (χ1n) is 7.96. The van der Waals surface area contributed by atoms with E-state index in [2.05, 4.69) is 10.3 Å². The number of aliphatic hydroxyl groups excluding tert-OH is 1. The number of aromatic nitrogens is 2. The quantitative estimate of drug-likeness (QED) is 0.637. The summed E-state index contributed by atoms with van der Waals surface area (Å²) in [5, 5.41) is 12.2. The largest absolute Gasteiger partial charge is 0.494 e. The maximum atomic E-state index is 12.3. The van der Waals surface area contributed by atoms with E-state index in [0.717, 1.165) is 0 Å². The van der Waals surface area contributed by atoms with Crippen molar-refractivity contribution in [1.29, 1.82) is 0 Å². The van der Waals surface area contributed by atoms with Gasteiger partial charge in [0.25, 0.3) is 0 Å². The molecule has 0 radical (unpaired) electrons. The van der Waals surface area contributed by atoms with Crippen LogP contribution < -0.4 is 15.7 Å². The highest BCUT2D eigenvalue weighted by Gasteiger charge is 2.11. The maximum Gasteiger partial charge on any atom is 0.326 e. The number of carbonyl (C=O) groups is 1. The summed E-state index contributed by atoms with van der Waals surface area (Å²) >= 11 is 0. The number of H-pyrrole nitrogens is 1. The van der Waals surface area contributed by atoms with Gasteiger partial charge in [-0.25, -0.2) is 4.79 Å². The summed E-state index contributed by atoms with van der Waals surface area (Å²) in [7, 11) is 0. The Morgan fingerprint density at radius 1 is 1.28 bits per heavy atom. The van der Waals surface area contributed by atoms with Crippen molar-refractivity contribution in [2.45, 2.75) is 20.1 Å². The van der Waals surface area contributed by atoms with Crippen molar-refractivity contribution >= 4 is 22.6 Å². The van der Waals surface area contributed by atoms with Crippen LogP contribution in [0.1, 0.15) is 12.5 Å². The van der Waals surface area contributed by atoms with Crippen LogP contribution in [0.3, 0.4) is 0 Å². The molecule has 0 bridgehead atoms. The monoisotopic (exact) mass is 341 g/mol. The van der Waals surface area contributed by atoms with E-state index in [-0.39, 0.29) is 24.7 Å². The number of anilines is 1. The highest BCUT2D eigenvalue weighted by atomic mass is 16.5. The van der Waals surface area contributed by atoms with Crippen molar-refractivity contribution in [2.24, 2.45) is 0 Å². The summed E-state index contributed by atoms with van der Waals surface area (Å²) in [6, 6.07) is 12.2. The molecule has 0 aliphatic rings. The van der Waals surface area contributed by atoms with Crippen LogP contribution in [0.15, 0.2) is 47.3 Å². The topological polar surface area (TPSA) is 96.4 Å². The summed E-state index contributed by atoms with van der Waals surface area (Å²) in [6.07, 6.45) is 0. The van der Waals surface area contributed by atoms with Crippen molar-refractivity contribution in [1.82, 2.24) is 9.55 Å². The molecule has 3 rings (SSSR count). The Morgan fingerprint density at radius 2 is 2.08 bits per heavy atom. The minimum absolute atomic E-state index is 0.107.